The highest BCUT2D eigenvalue weighted by atomic mass is 32.2. The number of non-ortho nitro benzene ring substituents is 1. The van der Waals surface area contributed by atoms with Gasteiger partial charge in [-0.3, -0.25) is 14.9 Å². The van der Waals surface area contributed by atoms with Gasteiger partial charge in [0.05, 0.1) is 10.7 Å². The number of anilines is 1. The van der Waals surface area contributed by atoms with E-state index in [1.165, 1.54) is 41.6 Å². The number of rotatable bonds is 5. The molecule has 0 aliphatic carbocycles. The third kappa shape index (κ3) is 4.33. The van der Waals surface area contributed by atoms with E-state index in [1.807, 2.05) is 26.0 Å². The maximum Gasteiger partial charge on any atom is 0.269 e. The Balaban J connectivity index is 1.91. The molecule has 22 heavy (non-hydrogen) atoms. The van der Waals surface area contributed by atoms with E-state index in [-0.39, 0.29) is 11.6 Å². The van der Waals surface area contributed by atoms with Gasteiger partial charge in [0.2, 0.25) is 5.91 Å². The molecule has 0 radical (unpaired) electrons. The second-order valence-corrected chi connectivity index (χ2v) is 5.93. The van der Waals surface area contributed by atoms with Crippen LogP contribution >= 0.6 is 11.8 Å². The van der Waals surface area contributed by atoms with Gasteiger partial charge in [0.1, 0.15) is 0 Å². The third-order valence-corrected chi connectivity index (χ3v) is 4.23. The van der Waals surface area contributed by atoms with Crippen molar-refractivity contribution in [2.24, 2.45) is 0 Å². The lowest BCUT2D eigenvalue weighted by atomic mass is 10.2. The summed E-state index contributed by atoms with van der Waals surface area (Å²) in [6.45, 7) is 4.05. The minimum atomic E-state index is -0.471. The predicted octanol–water partition coefficient (Wildman–Crippen LogP) is 3.94. The largest absolute Gasteiger partial charge is 0.325 e. The maximum atomic E-state index is 11.9. The molecule has 0 aliphatic rings. The second-order valence-electron chi connectivity index (χ2n) is 4.91. The van der Waals surface area contributed by atoms with Crippen LogP contribution in [-0.2, 0) is 4.79 Å². The topological polar surface area (TPSA) is 72.2 Å². The van der Waals surface area contributed by atoms with Crippen molar-refractivity contribution < 1.29 is 9.72 Å². The lowest BCUT2D eigenvalue weighted by Gasteiger charge is -2.07. The molecule has 0 atom stereocenters. The minimum absolute atomic E-state index is 0.00246. The van der Waals surface area contributed by atoms with Gasteiger partial charge in [-0.05, 0) is 37.6 Å². The van der Waals surface area contributed by atoms with Gasteiger partial charge in [0.15, 0.2) is 0 Å². The zero-order valence-corrected chi connectivity index (χ0v) is 13.1. The van der Waals surface area contributed by atoms with E-state index in [0.29, 0.717) is 11.4 Å². The number of benzene rings is 2. The van der Waals surface area contributed by atoms with Gasteiger partial charge in [-0.1, -0.05) is 17.7 Å². The van der Waals surface area contributed by atoms with Crippen LogP contribution < -0.4 is 5.32 Å². The zero-order valence-electron chi connectivity index (χ0n) is 12.3. The summed E-state index contributed by atoms with van der Waals surface area (Å²) in [4.78, 5) is 23.1. The van der Waals surface area contributed by atoms with Gasteiger partial charge >= 0.3 is 0 Å². The fourth-order valence-corrected chi connectivity index (χ4v) is 2.78. The van der Waals surface area contributed by atoms with Crippen LogP contribution in [-0.4, -0.2) is 16.6 Å². The van der Waals surface area contributed by atoms with Crippen LogP contribution in [0.15, 0.2) is 47.4 Å². The molecule has 0 saturated heterocycles. The summed E-state index contributed by atoms with van der Waals surface area (Å²) in [6.07, 6.45) is 0. The Morgan fingerprint density at radius 2 is 1.86 bits per heavy atom. The predicted molar refractivity (Wildman–Crippen MR) is 88.4 cm³/mol. The number of carbonyl (C=O) groups is 1. The lowest BCUT2D eigenvalue weighted by Crippen LogP contribution is -2.14. The SMILES string of the molecule is Cc1ccc(SCC(=O)Nc2ccc([N+](=O)[O-])cc2)c(C)c1. The van der Waals surface area contributed by atoms with Crippen LogP contribution in [0.4, 0.5) is 11.4 Å². The average molecular weight is 316 g/mol. The van der Waals surface area contributed by atoms with Crippen molar-refractivity contribution in [2.45, 2.75) is 18.7 Å². The van der Waals surface area contributed by atoms with Crippen LogP contribution in [0.3, 0.4) is 0 Å². The third-order valence-electron chi connectivity index (χ3n) is 3.05. The van der Waals surface area contributed by atoms with Crippen molar-refractivity contribution in [3.63, 3.8) is 0 Å². The van der Waals surface area contributed by atoms with E-state index in [4.69, 9.17) is 0 Å². The molecular formula is C16H16N2O3S. The summed E-state index contributed by atoms with van der Waals surface area (Å²) in [5, 5.41) is 13.3. The van der Waals surface area contributed by atoms with E-state index in [9.17, 15) is 14.9 Å². The number of hydrogen-bond donors (Lipinski definition) is 1. The molecule has 0 aromatic heterocycles. The summed E-state index contributed by atoms with van der Waals surface area (Å²) >= 11 is 1.47. The molecule has 6 heteroatoms. The van der Waals surface area contributed by atoms with Gasteiger partial charge in [0.25, 0.3) is 5.69 Å². The van der Waals surface area contributed by atoms with Crippen molar-refractivity contribution in [1.29, 1.82) is 0 Å². The minimum Gasteiger partial charge on any atom is -0.325 e. The van der Waals surface area contributed by atoms with Crippen LogP contribution in [0.5, 0.6) is 0 Å². The van der Waals surface area contributed by atoms with Gasteiger partial charge < -0.3 is 5.32 Å². The average Bonchev–Trinajstić information content (AvgIpc) is 2.47. The summed E-state index contributed by atoms with van der Waals surface area (Å²) in [6, 6.07) is 11.9. The Labute approximate surface area is 132 Å². The number of nitro groups is 1. The Kier molecular flexibility index (Phi) is 5.16. The Morgan fingerprint density at radius 1 is 1.18 bits per heavy atom. The molecule has 0 bridgehead atoms. The number of nitro benzene ring substituents is 1. The molecule has 1 amide bonds. The first-order valence-electron chi connectivity index (χ1n) is 6.70. The van der Waals surface area contributed by atoms with Gasteiger partial charge in [-0.15, -0.1) is 11.8 Å². The monoisotopic (exact) mass is 316 g/mol. The number of aryl methyl sites for hydroxylation is 2. The van der Waals surface area contributed by atoms with E-state index < -0.39 is 4.92 Å². The van der Waals surface area contributed by atoms with Crippen molar-refractivity contribution in [3.8, 4) is 0 Å². The molecule has 2 rings (SSSR count). The first-order chi connectivity index (χ1) is 10.5. The number of carbonyl (C=O) groups excluding carboxylic acids is 1. The van der Waals surface area contributed by atoms with E-state index in [1.54, 1.807) is 0 Å². The molecule has 2 aromatic rings. The van der Waals surface area contributed by atoms with Crippen molar-refractivity contribution >= 4 is 29.0 Å². The van der Waals surface area contributed by atoms with Crippen molar-refractivity contribution in [2.75, 3.05) is 11.1 Å². The first-order valence-corrected chi connectivity index (χ1v) is 7.68. The van der Waals surface area contributed by atoms with Crippen LogP contribution in [0.1, 0.15) is 11.1 Å². The second kappa shape index (κ2) is 7.09. The van der Waals surface area contributed by atoms with Crippen molar-refractivity contribution in [3.05, 3.63) is 63.7 Å². The van der Waals surface area contributed by atoms with E-state index >= 15 is 0 Å². The van der Waals surface area contributed by atoms with Crippen LogP contribution in [0, 0.1) is 24.0 Å². The number of thioether (sulfide) groups is 1. The highest BCUT2D eigenvalue weighted by Gasteiger charge is 2.08. The van der Waals surface area contributed by atoms with Crippen LogP contribution in [0.25, 0.3) is 0 Å². The quantitative estimate of drug-likeness (QED) is 0.515. The Hall–Kier alpha value is -2.34. The number of amides is 1. The normalized spacial score (nSPS) is 10.3. The summed E-state index contributed by atoms with van der Waals surface area (Å²) in [7, 11) is 0. The summed E-state index contributed by atoms with van der Waals surface area (Å²) in [5.41, 5.74) is 2.89. The van der Waals surface area contributed by atoms with Gasteiger partial charge in [-0.2, -0.15) is 0 Å². The lowest BCUT2D eigenvalue weighted by molar-refractivity contribution is -0.384. The molecule has 0 unspecified atom stereocenters. The van der Waals surface area contributed by atoms with Gasteiger partial charge in [0, 0.05) is 22.7 Å². The molecule has 5 nitrogen and oxygen atoms in total. The molecule has 0 spiro atoms. The van der Waals surface area contributed by atoms with Crippen LogP contribution in [0.2, 0.25) is 0 Å². The molecule has 0 heterocycles. The molecule has 114 valence electrons. The molecule has 2 aromatic carbocycles. The first kappa shape index (κ1) is 16.0. The Bertz CT molecular complexity index is 699. The zero-order chi connectivity index (χ0) is 16.1. The molecule has 1 N–H and O–H groups in total. The van der Waals surface area contributed by atoms with E-state index in [0.717, 1.165) is 10.5 Å². The molecular weight excluding hydrogens is 300 g/mol. The highest BCUT2D eigenvalue weighted by Crippen LogP contribution is 2.23. The Morgan fingerprint density at radius 3 is 2.45 bits per heavy atom. The van der Waals surface area contributed by atoms with Crippen molar-refractivity contribution in [1.82, 2.24) is 0 Å². The van der Waals surface area contributed by atoms with E-state index in [2.05, 4.69) is 11.4 Å². The standard InChI is InChI=1S/C16H16N2O3S/c1-11-3-8-15(12(2)9-11)22-10-16(19)17-13-4-6-14(7-5-13)18(20)21/h3-9H,10H2,1-2H3,(H,17,19). The fraction of sp³-hybridized carbons (Fsp3) is 0.188. The summed E-state index contributed by atoms with van der Waals surface area (Å²) in [5.74, 6) is 0.153. The molecule has 0 aliphatic heterocycles. The molecule has 0 saturated carbocycles. The van der Waals surface area contributed by atoms with Gasteiger partial charge in [-0.25, -0.2) is 0 Å². The summed E-state index contributed by atoms with van der Waals surface area (Å²) < 4.78 is 0. The maximum absolute atomic E-state index is 11.9. The smallest absolute Gasteiger partial charge is 0.269 e. The number of hydrogen-bond acceptors (Lipinski definition) is 4. The highest BCUT2D eigenvalue weighted by molar-refractivity contribution is 8.00. The molecule has 0 fully saturated rings. The number of nitrogens with one attached hydrogen (secondary N) is 1. The number of nitrogens with zero attached hydrogens (tertiary/aromatic N) is 1. The fourth-order valence-electron chi connectivity index (χ4n) is 1.97.